The van der Waals surface area contributed by atoms with Crippen LogP contribution >= 0.6 is 15.6 Å². The fourth-order valence-electron chi connectivity index (χ4n) is 9.84. The van der Waals surface area contributed by atoms with Gasteiger partial charge >= 0.3 is 39.5 Å². The van der Waals surface area contributed by atoms with Crippen LogP contribution in [0.4, 0.5) is 0 Å². The van der Waals surface area contributed by atoms with E-state index in [9.17, 15) is 43.2 Å². The second kappa shape index (κ2) is 60.8. The zero-order valence-electron chi connectivity index (χ0n) is 56.5. The van der Waals surface area contributed by atoms with Gasteiger partial charge in [0, 0.05) is 25.7 Å². The molecule has 6 atom stereocenters. The molecule has 17 nitrogen and oxygen atoms in total. The van der Waals surface area contributed by atoms with Crippen molar-refractivity contribution < 1.29 is 80.2 Å². The molecule has 0 saturated heterocycles. The van der Waals surface area contributed by atoms with Gasteiger partial charge in [-0.1, -0.05) is 271 Å². The molecule has 0 spiro atoms. The summed E-state index contributed by atoms with van der Waals surface area (Å²) in [5, 5.41) is 10.6. The molecule has 518 valence electrons. The summed E-state index contributed by atoms with van der Waals surface area (Å²) < 4.78 is 68.2. The Morgan fingerprint density at radius 3 is 1.02 bits per heavy atom. The molecule has 0 radical (unpaired) electrons. The van der Waals surface area contributed by atoms with Gasteiger partial charge in [-0.05, 0) is 63.2 Å². The number of ether oxygens (including phenoxy) is 4. The molecular formula is C69H130O17P2. The summed E-state index contributed by atoms with van der Waals surface area (Å²) in [6.07, 6.45) is 48.0. The molecule has 0 saturated carbocycles. The summed E-state index contributed by atoms with van der Waals surface area (Å²) >= 11 is 0. The summed E-state index contributed by atoms with van der Waals surface area (Å²) in [7, 11) is -9.91. The summed E-state index contributed by atoms with van der Waals surface area (Å²) in [5.41, 5.74) is 0. The van der Waals surface area contributed by atoms with Crippen molar-refractivity contribution >= 4 is 39.5 Å². The summed E-state index contributed by atoms with van der Waals surface area (Å²) in [5.74, 6) is -0.687. The SMILES string of the molecule is CCCCCC/C=C\C=C/CCCCCCCC(=O)O[C@H](COC(=O)CCCCCCCCCCCC(C)C)COP(=O)(O)OC[C@@H](O)COP(=O)(O)OC[C@@H](COC(=O)CCCCCCCCC(C)CC)OC(=O)CCCCCCCCCCCCC. The number of hydrogen-bond acceptors (Lipinski definition) is 15. The molecule has 88 heavy (non-hydrogen) atoms. The number of phosphoric ester groups is 2. The van der Waals surface area contributed by atoms with Gasteiger partial charge in [0.05, 0.1) is 26.4 Å². The zero-order valence-corrected chi connectivity index (χ0v) is 58.3. The Hall–Kier alpha value is -2.46. The van der Waals surface area contributed by atoms with Crippen LogP contribution in [0.25, 0.3) is 0 Å². The number of carbonyl (C=O) groups excluding carboxylic acids is 4. The molecule has 0 aliphatic rings. The number of aliphatic hydroxyl groups is 1. The summed E-state index contributed by atoms with van der Waals surface area (Å²) in [4.78, 5) is 72.4. The molecule has 0 aliphatic heterocycles. The third-order valence-corrected chi connectivity index (χ3v) is 17.6. The highest BCUT2D eigenvalue weighted by atomic mass is 31.2. The minimum atomic E-state index is -4.96. The van der Waals surface area contributed by atoms with Gasteiger partial charge in [0.25, 0.3) is 0 Å². The maximum absolute atomic E-state index is 13.0. The molecule has 0 rings (SSSR count). The van der Waals surface area contributed by atoms with Gasteiger partial charge in [0.15, 0.2) is 12.2 Å². The van der Waals surface area contributed by atoms with Gasteiger partial charge in [-0.2, -0.15) is 0 Å². The first kappa shape index (κ1) is 85.5. The molecule has 0 aliphatic carbocycles. The highest BCUT2D eigenvalue weighted by Crippen LogP contribution is 2.45. The zero-order chi connectivity index (χ0) is 65.0. The molecule has 19 heteroatoms. The lowest BCUT2D eigenvalue weighted by Gasteiger charge is -2.21. The Morgan fingerprint density at radius 1 is 0.375 bits per heavy atom. The van der Waals surface area contributed by atoms with Crippen molar-refractivity contribution in [3.8, 4) is 0 Å². The van der Waals surface area contributed by atoms with Gasteiger partial charge in [-0.15, -0.1) is 0 Å². The molecule has 3 unspecified atom stereocenters. The van der Waals surface area contributed by atoms with Crippen molar-refractivity contribution in [2.45, 2.75) is 342 Å². The first-order valence-electron chi connectivity index (χ1n) is 35.3. The van der Waals surface area contributed by atoms with Crippen LogP contribution in [0.3, 0.4) is 0 Å². The van der Waals surface area contributed by atoms with Crippen LogP contribution in [-0.4, -0.2) is 96.7 Å². The van der Waals surface area contributed by atoms with E-state index < -0.39 is 97.5 Å². The average Bonchev–Trinajstić information content (AvgIpc) is 3.69. The Labute approximate surface area is 535 Å². The van der Waals surface area contributed by atoms with E-state index in [1.54, 1.807) is 0 Å². The Balaban J connectivity index is 5.29. The Bertz CT molecular complexity index is 1810. The van der Waals surface area contributed by atoms with Crippen LogP contribution < -0.4 is 0 Å². The van der Waals surface area contributed by atoms with Crippen LogP contribution in [-0.2, 0) is 65.4 Å². The van der Waals surface area contributed by atoms with Crippen molar-refractivity contribution in [1.82, 2.24) is 0 Å². The lowest BCUT2D eigenvalue weighted by molar-refractivity contribution is -0.161. The van der Waals surface area contributed by atoms with Crippen LogP contribution in [0.15, 0.2) is 24.3 Å². The van der Waals surface area contributed by atoms with Crippen molar-refractivity contribution in [2.24, 2.45) is 11.8 Å². The second-order valence-electron chi connectivity index (χ2n) is 24.9. The molecule has 0 fully saturated rings. The van der Waals surface area contributed by atoms with Crippen molar-refractivity contribution in [1.29, 1.82) is 0 Å². The van der Waals surface area contributed by atoms with E-state index in [1.807, 2.05) is 0 Å². The van der Waals surface area contributed by atoms with E-state index in [2.05, 4.69) is 65.8 Å². The second-order valence-corrected chi connectivity index (χ2v) is 27.9. The molecular weight excluding hydrogens is 1160 g/mol. The highest BCUT2D eigenvalue weighted by Gasteiger charge is 2.30. The van der Waals surface area contributed by atoms with E-state index in [0.29, 0.717) is 25.7 Å². The smallest absolute Gasteiger partial charge is 0.462 e. The number of aliphatic hydroxyl groups excluding tert-OH is 1. The fourth-order valence-corrected chi connectivity index (χ4v) is 11.4. The number of phosphoric acid groups is 2. The van der Waals surface area contributed by atoms with E-state index in [1.165, 1.54) is 122 Å². The molecule has 0 aromatic heterocycles. The van der Waals surface area contributed by atoms with Gasteiger partial charge in [0.2, 0.25) is 0 Å². The molecule has 0 aromatic carbocycles. The largest absolute Gasteiger partial charge is 0.472 e. The third kappa shape index (κ3) is 61.1. The van der Waals surface area contributed by atoms with Crippen molar-refractivity contribution in [2.75, 3.05) is 39.6 Å². The topological polar surface area (TPSA) is 237 Å². The van der Waals surface area contributed by atoms with Crippen LogP contribution in [0.1, 0.15) is 324 Å². The van der Waals surface area contributed by atoms with E-state index >= 15 is 0 Å². The van der Waals surface area contributed by atoms with Crippen molar-refractivity contribution in [3.63, 3.8) is 0 Å². The van der Waals surface area contributed by atoms with Gasteiger partial charge in [0.1, 0.15) is 19.3 Å². The Morgan fingerprint density at radius 2 is 0.670 bits per heavy atom. The van der Waals surface area contributed by atoms with Gasteiger partial charge in [-0.3, -0.25) is 37.3 Å². The number of hydrogen-bond donors (Lipinski definition) is 3. The number of unbranched alkanes of at least 4 members (excludes halogenated alkanes) is 32. The normalized spacial score (nSPS) is 14.7. The van der Waals surface area contributed by atoms with Crippen LogP contribution in [0.2, 0.25) is 0 Å². The van der Waals surface area contributed by atoms with E-state index in [-0.39, 0.29) is 25.7 Å². The van der Waals surface area contributed by atoms with Gasteiger partial charge < -0.3 is 33.8 Å². The molecule has 0 aromatic rings. The third-order valence-electron chi connectivity index (χ3n) is 15.7. The maximum atomic E-state index is 13.0. The Kier molecular flexibility index (Phi) is 59.1. The first-order valence-corrected chi connectivity index (χ1v) is 38.3. The number of carbonyl (C=O) groups is 4. The number of esters is 4. The van der Waals surface area contributed by atoms with Crippen molar-refractivity contribution in [3.05, 3.63) is 24.3 Å². The fraction of sp³-hybridized carbons (Fsp3) is 0.884. The first-order chi connectivity index (χ1) is 42.4. The molecule has 0 amide bonds. The average molecular weight is 1290 g/mol. The predicted molar refractivity (Wildman–Crippen MR) is 354 cm³/mol. The van der Waals surface area contributed by atoms with Crippen LogP contribution in [0.5, 0.6) is 0 Å². The van der Waals surface area contributed by atoms with Crippen LogP contribution in [0, 0.1) is 11.8 Å². The minimum absolute atomic E-state index is 0.0844. The molecule has 0 heterocycles. The summed E-state index contributed by atoms with van der Waals surface area (Å²) in [6, 6.07) is 0. The monoisotopic (exact) mass is 1290 g/mol. The quantitative estimate of drug-likeness (QED) is 0.0169. The summed E-state index contributed by atoms with van der Waals surface area (Å²) in [6.45, 7) is 9.40. The van der Waals surface area contributed by atoms with E-state index in [4.69, 9.17) is 37.0 Å². The van der Waals surface area contributed by atoms with Gasteiger partial charge in [-0.25, -0.2) is 9.13 Å². The lowest BCUT2D eigenvalue weighted by atomic mass is 10.00. The molecule has 3 N–H and O–H groups in total. The molecule has 0 bridgehead atoms. The number of rotatable bonds is 66. The highest BCUT2D eigenvalue weighted by molar-refractivity contribution is 7.47. The lowest BCUT2D eigenvalue weighted by Crippen LogP contribution is -2.30. The standard InChI is InChI=1S/C69H130O17P2/c1-7-10-12-14-16-18-20-21-22-23-25-29-34-42-48-54-69(74)85-64(57-79-66(71)51-45-39-32-30-26-27-31-37-43-49-61(4)5)59-83-87(75,76)81-55-63(70)56-82-88(77,78)84-60-65(58-80-67(72)52-46-40-36-35-38-44-50-62(6)9-3)86-68(73)53-47-41-33-28-24-19-17-15-13-11-8-2/h18,20-22,61-65,70H,7-17,19,23-60H2,1-6H3,(H,75,76)(H,77,78)/b20-18-,22-21-/t62?,63-,64-,65-/m1/s1. The number of allylic oxidation sites excluding steroid dienone is 4. The predicted octanol–water partition coefficient (Wildman–Crippen LogP) is 19.2. The maximum Gasteiger partial charge on any atom is 0.472 e. The van der Waals surface area contributed by atoms with E-state index in [0.717, 1.165) is 121 Å². The minimum Gasteiger partial charge on any atom is -0.462 e.